The molecule has 3 aromatic rings. The van der Waals surface area contributed by atoms with E-state index in [0.717, 1.165) is 40.9 Å². The fourth-order valence-corrected chi connectivity index (χ4v) is 4.08. The lowest BCUT2D eigenvalue weighted by molar-refractivity contribution is -0.124. The molecule has 0 unspecified atom stereocenters. The molecular weight excluding hydrogens is 419 g/mol. The topological polar surface area (TPSA) is 74.3 Å². The summed E-state index contributed by atoms with van der Waals surface area (Å²) in [6, 6.07) is 13.8. The Balaban J connectivity index is 1.31. The van der Waals surface area contributed by atoms with Crippen LogP contribution in [0.2, 0.25) is 0 Å². The lowest BCUT2D eigenvalue weighted by Gasteiger charge is -2.28. The van der Waals surface area contributed by atoms with Crippen LogP contribution in [0, 0.1) is 12.7 Å². The molecule has 0 spiro atoms. The van der Waals surface area contributed by atoms with Crippen molar-refractivity contribution in [2.24, 2.45) is 0 Å². The molecule has 33 heavy (non-hydrogen) atoms. The smallest absolute Gasteiger partial charge is 0.224 e. The van der Waals surface area contributed by atoms with Crippen LogP contribution >= 0.6 is 0 Å². The van der Waals surface area contributed by atoms with Gasteiger partial charge in [0, 0.05) is 43.5 Å². The predicted octanol–water partition coefficient (Wildman–Crippen LogP) is 4.71. The van der Waals surface area contributed by atoms with E-state index in [0.29, 0.717) is 12.2 Å². The van der Waals surface area contributed by atoms with E-state index in [-0.39, 0.29) is 30.5 Å². The van der Waals surface area contributed by atoms with Crippen molar-refractivity contribution in [3.05, 3.63) is 65.5 Å². The van der Waals surface area contributed by atoms with Crippen LogP contribution in [0.1, 0.15) is 43.2 Å². The van der Waals surface area contributed by atoms with E-state index in [1.807, 2.05) is 18.2 Å². The molecule has 172 valence electrons. The van der Waals surface area contributed by atoms with E-state index in [4.69, 9.17) is 4.98 Å². The van der Waals surface area contributed by atoms with Gasteiger partial charge in [0.2, 0.25) is 11.8 Å². The van der Waals surface area contributed by atoms with Crippen LogP contribution in [0.15, 0.2) is 48.5 Å². The Kier molecular flexibility index (Phi) is 7.17. The third-order valence-corrected chi connectivity index (χ3v) is 5.95. The second kappa shape index (κ2) is 10.4. The summed E-state index contributed by atoms with van der Waals surface area (Å²) in [7, 11) is 0. The SMILES string of the molecule is Cc1cc(N2CCCCC2)nc2ccc(NC(=O)CCC(=O)NCc3ccc(F)cc3)cc12. The first-order chi connectivity index (χ1) is 16.0. The number of aryl methyl sites for hydroxylation is 1. The first-order valence-corrected chi connectivity index (χ1v) is 11.5. The molecule has 4 rings (SSSR count). The Morgan fingerprint density at radius 1 is 0.970 bits per heavy atom. The number of nitrogens with one attached hydrogen (secondary N) is 2. The number of carbonyl (C=O) groups is 2. The van der Waals surface area contributed by atoms with Crippen LogP contribution in [-0.4, -0.2) is 29.9 Å². The minimum absolute atomic E-state index is 0.0818. The van der Waals surface area contributed by atoms with Crippen molar-refractivity contribution in [3.8, 4) is 0 Å². The number of piperidine rings is 1. The summed E-state index contributed by atoms with van der Waals surface area (Å²) in [6.07, 6.45) is 3.85. The number of anilines is 2. The highest BCUT2D eigenvalue weighted by Gasteiger charge is 2.14. The van der Waals surface area contributed by atoms with E-state index in [2.05, 4.69) is 28.5 Å². The molecule has 2 heterocycles. The molecule has 1 saturated heterocycles. The molecule has 0 atom stereocenters. The van der Waals surface area contributed by atoms with Crippen LogP contribution in [0.4, 0.5) is 15.9 Å². The van der Waals surface area contributed by atoms with Crippen LogP contribution in [-0.2, 0) is 16.1 Å². The van der Waals surface area contributed by atoms with Crippen LogP contribution in [0.5, 0.6) is 0 Å². The van der Waals surface area contributed by atoms with Gasteiger partial charge in [-0.15, -0.1) is 0 Å². The van der Waals surface area contributed by atoms with Gasteiger partial charge in [-0.3, -0.25) is 9.59 Å². The van der Waals surface area contributed by atoms with Gasteiger partial charge in [0.25, 0.3) is 0 Å². The highest BCUT2D eigenvalue weighted by molar-refractivity contribution is 5.96. The average molecular weight is 449 g/mol. The van der Waals surface area contributed by atoms with Gasteiger partial charge in [0.05, 0.1) is 5.52 Å². The number of benzene rings is 2. The highest BCUT2D eigenvalue weighted by atomic mass is 19.1. The second-order valence-electron chi connectivity index (χ2n) is 8.53. The van der Waals surface area contributed by atoms with Gasteiger partial charge in [-0.25, -0.2) is 9.37 Å². The molecule has 7 heteroatoms. The third-order valence-electron chi connectivity index (χ3n) is 5.95. The maximum atomic E-state index is 12.9. The molecule has 0 aliphatic carbocycles. The summed E-state index contributed by atoms with van der Waals surface area (Å²) < 4.78 is 12.9. The van der Waals surface area contributed by atoms with E-state index < -0.39 is 0 Å². The average Bonchev–Trinajstić information content (AvgIpc) is 2.83. The number of rotatable bonds is 7. The first-order valence-electron chi connectivity index (χ1n) is 11.5. The maximum absolute atomic E-state index is 12.9. The lowest BCUT2D eigenvalue weighted by atomic mass is 10.1. The second-order valence-corrected chi connectivity index (χ2v) is 8.53. The van der Waals surface area contributed by atoms with Crippen LogP contribution < -0.4 is 15.5 Å². The van der Waals surface area contributed by atoms with E-state index in [1.165, 1.54) is 31.4 Å². The Hall–Kier alpha value is -3.48. The zero-order valence-electron chi connectivity index (χ0n) is 18.9. The number of pyridine rings is 1. The normalized spacial score (nSPS) is 13.7. The molecule has 1 aliphatic heterocycles. The molecule has 2 aromatic carbocycles. The van der Waals surface area contributed by atoms with E-state index >= 15 is 0 Å². The van der Waals surface area contributed by atoms with Crippen molar-refractivity contribution in [1.29, 1.82) is 0 Å². The van der Waals surface area contributed by atoms with Gasteiger partial charge < -0.3 is 15.5 Å². The van der Waals surface area contributed by atoms with Crippen molar-refractivity contribution < 1.29 is 14.0 Å². The monoisotopic (exact) mass is 448 g/mol. The molecule has 0 saturated carbocycles. The maximum Gasteiger partial charge on any atom is 0.224 e. The molecule has 1 fully saturated rings. The molecule has 0 bridgehead atoms. The van der Waals surface area contributed by atoms with Gasteiger partial charge in [-0.1, -0.05) is 12.1 Å². The number of amides is 2. The Labute approximate surface area is 193 Å². The van der Waals surface area contributed by atoms with Crippen molar-refractivity contribution in [2.75, 3.05) is 23.3 Å². The molecule has 2 N–H and O–H groups in total. The van der Waals surface area contributed by atoms with Crippen molar-refractivity contribution in [3.63, 3.8) is 0 Å². The van der Waals surface area contributed by atoms with Crippen molar-refractivity contribution in [1.82, 2.24) is 10.3 Å². The highest BCUT2D eigenvalue weighted by Crippen LogP contribution is 2.27. The summed E-state index contributed by atoms with van der Waals surface area (Å²) in [4.78, 5) is 31.6. The van der Waals surface area contributed by atoms with Gasteiger partial charge in [-0.05, 0) is 73.7 Å². The summed E-state index contributed by atoms with van der Waals surface area (Å²) >= 11 is 0. The fraction of sp³-hybridized carbons (Fsp3) is 0.346. The number of aromatic nitrogens is 1. The standard InChI is InChI=1S/C26H29FN4O2/c1-18-15-24(31-13-3-2-4-14-31)30-23-10-9-21(16-22(18)23)29-26(33)12-11-25(32)28-17-19-5-7-20(27)8-6-19/h5-10,15-16H,2-4,11-14,17H2,1H3,(H,28,32)(H,29,33). The fourth-order valence-electron chi connectivity index (χ4n) is 4.08. The van der Waals surface area contributed by atoms with Crippen LogP contribution in [0.3, 0.4) is 0 Å². The predicted molar refractivity (Wildman–Crippen MR) is 129 cm³/mol. The third kappa shape index (κ3) is 6.06. The number of hydrogen-bond acceptors (Lipinski definition) is 4. The largest absolute Gasteiger partial charge is 0.357 e. The number of nitrogens with zero attached hydrogens (tertiary/aromatic N) is 2. The number of carbonyl (C=O) groups excluding carboxylic acids is 2. The van der Waals surface area contributed by atoms with Gasteiger partial charge in [-0.2, -0.15) is 0 Å². The van der Waals surface area contributed by atoms with Gasteiger partial charge in [0.15, 0.2) is 0 Å². The van der Waals surface area contributed by atoms with Gasteiger partial charge >= 0.3 is 0 Å². The molecular formula is C26H29FN4O2. The molecule has 6 nitrogen and oxygen atoms in total. The number of hydrogen-bond donors (Lipinski definition) is 2. The summed E-state index contributed by atoms with van der Waals surface area (Å²) in [5.74, 6) is 0.257. The van der Waals surface area contributed by atoms with Crippen LogP contribution in [0.25, 0.3) is 10.9 Å². The minimum atomic E-state index is -0.316. The van der Waals surface area contributed by atoms with E-state index in [1.54, 1.807) is 12.1 Å². The van der Waals surface area contributed by atoms with Crippen molar-refractivity contribution in [2.45, 2.75) is 45.6 Å². The molecule has 2 amide bonds. The Morgan fingerprint density at radius 3 is 2.45 bits per heavy atom. The molecule has 1 aromatic heterocycles. The van der Waals surface area contributed by atoms with Crippen molar-refractivity contribution >= 4 is 34.2 Å². The number of fused-ring (bicyclic) bond motifs is 1. The Bertz CT molecular complexity index is 1140. The summed E-state index contributed by atoms with van der Waals surface area (Å²) in [5.41, 5.74) is 3.53. The molecule has 1 aliphatic rings. The molecule has 0 radical (unpaired) electrons. The Morgan fingerprint density at radius 2 is 1.70 bits per heavy atom. The minimum Gasteiger partial charge on any atom is -0.357 e. The zero-order chi connectivity index (χ0) is 23.2. The summed E-state index contributed by atoms with van der Waals surface area (Å²) in [6.45, 7) is 4.46. The quantitative estimate of drug-likeness (QED) is 0.549. The number of halogens is 1. The lowest BCUT2D eigenvalue weighted by Crippen LogP contribution is -2.30. The van der Waals surface area contributed by atoms with E-state index in [9.17, 15) is 14.0 Å². The summed E-state index contributed by atoms with van der Waals surface area (Å²) in [5, 5.41) is 6.63. The first kappa shape index (κ1) is 22.7. The zero-order valence-corrected chi connectivity index (χ0v) is 18.9. The van der Waals surface area contributed by atoms with Gasteiger partial charge in [0.1, 0.15) is 11.6 Å².